The lowest BCUT2D eigenvalue weighted by atomic mass is 10.0. The van der Waals surface area contributed by atoms with Gasteiger partial charge < -0.3 is 9.15 Å². The molecule has 0 radical (unpaired) electrons. The topological polar surface area (TPSA) is 52.3 Å². The molecule has 0 atom stereocenters. The van der Waals surface area contributed by atoms with Crippen LogP contribution >= 0.6 is 22.9 Å². The number of pyridine rings is 1. The van der Waals surface area contributed by atoms with Gasteiger partial charge in [0.15, 0.2) is 0 Å². The van der Waals surface area contributed by atoms with Gasteiger partial charge in [0.25, 0.3) is 0 Å². The lowest BCUT2D eigenvalue weighted by Gasteiger charge is -2.03. The predicted octanol–water partition coefficient (Wildman–Crippen LogP) is 5.97. The van der Waals surface area contributed by atoms with Crippen molar-refractivity contribution in [2.24, 2.45) is 0 Å². The number of furan rings is 1. The SMILES string of the molecule is COC(=O)c1cc(-c2sc3ncccc3c2-c2ccc(Cl)cc2)oc1C. The number of nitrogens with zero attached hydrogens (tertiary/aromatic N) is 1. The number of esters is 1. The molecular formula is C20H14ClNO3S. The Morgan fingerprint density at radius 2 is 2.00 bits per heavy atom. The minimum Gasteiger partial charge on any atom is -0.465 e. The molecule has 0 N–H and O–H groups in total. The third-order valence-corrected chi connectivity index (χ3v) is 5.53. The number of methoxy groups -OCH3 is 1. The van der Waals surface area contributed by atoms with Crippen LogP contribution in [0.3, 0.4) is 0 Å². The third-order valence-electron chi connectivity index (χ3n) is 4.15. The zero-order valence-electron chi connectivity index (χ0n) is 14.1. The average molecular weight is 384 g/mol. The van der Waals surface area contributed by atoms with Crippen LogP contribution in [0.1, 0.15) is 16.1 Å². The van der Waals surface area contributed by atoms with E-state index in [-0.39, 0.29) is 0 Å². The van der Waals surface area contributed by atoms with E-state index in [9.17, 15) is 4.79 Å². The fourth-order valence-electron chi connectivity index (χ4n) is 2.92. The number of hydrogen-bond donors (Lipinski definition) is 0. The summed E-state index contributed by atoms with van der Waals surface area (Å²) < 4.78 is 10.7. The smallest absolute Gasteiger partial charge is 0.341 e. The van der Waals surface area contributed by atoms with Crippen molar-refractivity contribution in [3.63, 3.8) is 0 Å². The number of carbonyl (C=O) groups excluding carboxylic acids is 1. The van der Waals surface area contributed by atoms with E-state index in [0.717, 1.165) is 26.2 Å². The maximum Gasteiger partial charge on any atom is 0.341 e. The number of thiophene rings is 1. The molecule has 26 heavy (non-hydrogen) atoms. The molecule has 3 aromatic heterocycles. The van der Waals surface area contributed by atoms with Gasteiger partial charge in [0.1, 0.15) is 21.9 Å². The van der Waals surface area contributed by atoms with Crippen molar-refractivity contribution in [2.75, 3.05) is 7.11 Å². The predicted molar refractivity (Wildman–Crippen MR) is 104 cm³/mol. The minimum atomic E-state index is -0.412. The van der Waals surface area contributed by atoms with Crippen LogP contribution in [-0.4, -0.2) is 18.1 Å². The van der Waals surface area contributed by atoms with Gasteiger partial charge in [-0.05, 0) is 36.8 Å². The molecule has 0 amide bonds. The highest BCUT2D eigenvalue weighted by Crippen LogP contribution is 2.45. The summed E-state index contributed by atoms with van der Waals surface area (Å²) in [5.74, 6) is 0.736. The van der Waals surface area contributed by atoms with E-state index in [1.54, 1.807) is 19.2 Å². The first-order chi connectivity index (χ1) is 12.6. The molecule has 0 unspecified atom stereocenters. The van der Waals surface area contributed by atoms with Crippen molar-refractivity contribution in [3.8, 4) is 21.8 Å². The van der Waals surface area contributed by atoms with Crippen molar-refractivity contribution < 1.29 is 13.9 Å². The van der Waals surface area contributed by atoms with E-state index in [1.165, 1.54) is 18.4 Å². The Morgan fingerprint density at radius 3 is 2.73 bits per heavy atom. The molecule has 0 aliphatic carbocycles. The number of fused-ring (bicyclic) bond motifs is 1. The summed E-state index contributed by atoms with van der Waals surface area (Å²) in [4.78, 5) is 18.2. The molecule has 130 valence electrons. The summed E-state index contributed by atoms with van der Waals surface area (Å²) in [6.07, 6.45) is 1.77. The van der Waals surface area contributed by atoms with Crippen molar-refractivity contribution in [3.05, 3.63) is 65.0 Å². The van der Waals surface area contributed by atoms with Crippen molar-refractivity contribution in [2.45, 2.75) is 6.92 Å². The molecule has 0 spiro atoms. The van der Waals surface area contributed by atoms with Crippen LogP contribution in [0.25, 0.3) is 32.0 Å². The van der Waals surface area contributed by atoms with E-state index in [0.29, 0.717) is 22.1 Å². The summed E-state index contributed by atoms with van der Waals surface area (Å²) >= 11 is 7.57. The Bertz CT molecular complexity index is 1110. The Balaban J connectivity index is 1.97. The summed E-state index contributed by atoms with van der Waals surface area (Å²) in [6.45, 7) is 1.75. The minimum absolute atomic E-state index is 0.412. The summed E-state index contributed by atoms with van der Waals surface area (Å²) in [5.41, 5.74) is 2.45. The highest BCUT2D eigenvalue weighted by atomic mass is 35.5. The molecule has 0 saturated carbocycles. The summed E-state index contributed by atoms with van der Waals surface area (Å²) in [7, 11) is 1.36. The molecule has 1 aromatic carbocycles. The van der Waals surface area contributed by atoms with E-state index in [4.69, 9.17) is 20.8 Å². The number of ether oxygens (including phenoxy) is 1. The molecule has 0 aliphatic rings. The van der Waals surface area contributed by atoms with E-state index >= 15 is 0 Å². The fraction of sp³-hybridized carbons (Fsp3) is 0.100. The first-order valence-electron chi connectivity index (χ1n) is 7.91. The summed E-state index contributed by atoms with van der Waals surface area (Å²) in [5, 5.41) is 1.71. The van der Waals surface area contributed by atoms with Gasteiger partial charge in [-0.3, -0.25) is 0 Å². The van der Waals surface area contributed by atoms with Crippen molar-refractivity contribution in [1.29, 1.82) is 0 Å². The molecule has 0 bridgehead atoms. The molecular weight excluding hydrogens is 370 g/mol. The Kier molecular flexibility index (Phi) is 4.26. The van der Waals surface area contributed by atoms with Gasteiger partial charge in [0, 0.05) is 28.2 Å². The monoisotopic (exact) mass is 383 g/mol. The maximum atomic E-state index is 11.9. The number of aromatic nitrogens is 1. The van der Waals surface area contributed by atoms with Crippen LogP contribution in [0.5, 0.6) is 0 Å². The van der Waals surface area contributed by atoms with Crippen LogP contribution in [0.2, 0.25) is 5.02 Å². The van der Waals surface area contributed by atoms with Gasteiger partial charge in [-0.1, -0.05) is 23.7 Å². The van der Waals surface area contributed by atoms with E-state index < -0.39 is 5.97 Å². The second-order valence-corrected chi connectivity index (χ2v) is 7.18. The van der Waals surface area contributed by atoms with Gasteiger partial charge in [-0.25, -0.2) is 9.78 Å². The lowest BCUT2D eigenvalue weighted by Crippen LogP contribution is -2.00. The van der Waals surface area contributed by atoms with E-state index in [2.05, 4.69) is 4.98 Å². The fourth-order valence-corrected chi connectivity index (χ4v) is 4.16. The summed E-state index contributed by atoms with van der Waals surface area (Å²) in [6, 6.07) is 13.3. The number of hydrogen-bond acceptors (Lipinski definition) is 5. The van der Waals surface area contributed by atoms with Crippen molar-refractivity contribution >= 4 is 39.1 Å². The normalized spacial score (nSPS) is 11.0. The number of benzene rings is 1. The Hall–Kier alpha value is -2.63. The standard InChI is InChI=1S/C20H14ClNO3S/c1-11-15(20(23)24-2)10-16(25-11)18-17(12-5-7-13(21)8-6-12)14-4-3-9-22-19(14)26-18/h3-10H,1-2H3. The zero-order valence-corrected chi connectivity index (χ0v) is 15.6. The van der Waals surface area contributed by atoms with Crippen LogP contribution < -0.4 is 0 Å². The second-order valence-electron chi connectivity index (χ2n) is 5.74. The Labute approximate surface area is 159 Å². The average Bonchev–Trinajstić information content (AvgIpc) is 3.22. The molecule has 4 rings (SSSR count). The first-order valence-corrected chi connectivity index (χ1v) is 9.10. The first kappa shape index (κ1) is 16.8. The molecule has 6 heteroatoms. The highest BCUT2D eigenvalue weighted by molar-refractivity contribution is 7.22. The van der Waals surface area contributed by atoms with Crippen LogP contribution in [-0.2, 0) is 4.74 Å². The maximum absolute atomic E-state index is 11.9. The second kappa shape index (κ2) is 6.59. The number of carbonyl (C=O) groups is 1. The Morgan fingerprint density at radius 1 is 1.23 bits per heavy atom. The highest BCUT2D eigenvalue weighted by Gasteiger charge is 2.22. The lowest BCUT2D eigenvalue weighted by molar-refractivity contribution is 0.0599. The van der Waals surface area contributed by atoms with Crippen molar-refractivity contribution in [1.82, 2.24) is 4.98 Å². The van der Waals surface area contributed by atoms with Gasteiger partial charge in [0.2, 0.25) is 0 Å². The third kappa shape index (κ3) is 2.79. The number of aryl methyl sites for hydroxylation is 1. The molecule has 0 aliphatic heterocycles. The van der Waals surface area contributed by atoms with Gasteiger partial charge >= 0.3 is 5.97 Å². The molecule has 3 heterocycles. The quantitative estimate of drug-likeness (QED) is 0.409. The number of halogens is 1. The number of rotatable bonds is 3. The molecule has 0 saturated heterocycles. The van der Waals surface area contributed by atoms with Gasteiger partial charge in [-0.15, -0.1) is 11.3 Å². The molecule has 4 nitrogen and oxygen atoms in total. The largest absolute Gasteiger partial charge is 0.465 e. The van der Waals surface area contributed by atoms with Crippen LogP contribution in [0.15, 0.2) is 53.1 Å². The zero-order chi connectivity index (χ0) is 18.3. The van der Waals surface area contributed by atoms with Crippen LogP contribution in [0, 0.1) is 6.92 Å². The van der Waals surface area contributed by atoms with E-state index in [1.807, 2.05) is 36.4 Å². The van der Waals surface area contributed by atoms with Gasteiger partial charge in [0.05, 0.1) is 12.0 Å². The molecule has 0 fully saturated rings. The van der Waals surface area contributed by atoms with Crippen LogP contribution in [0.4, 0.5) is 0 Å². The molecule has 4 aromatic rings. The van der Waals surface area contributed by atoms with Gasteiger partial charge in [-0.2, -0.15) is 0 Å².